The van der Waals surface area contributed by atoms with E-state index in [1.54, 1.807) is 4.57 Å². The number of carbonyl (C=O) groups excluding carboxylic acids is 3. The Morgan fingerprint density at radius 2 is 2.00 bits per heavy atom. The van der Waals surface area contributed by atoms with Crippen LogP contribution in [-0.2, 0) is 27.3 Å². The summed E-state index contributed by atoms with van der Waals surface area (Å²) in [5, 5.41) is 24.9. The highest BCUT2D eigenvalue weighted by atomic mass is 32.2. The maximum atomic E-state index is 12.7. The summed E-state index contributed by atoms with van der Waals surface area (Å²) >= 11 is 2.81. The molecular weight excluding hydrogens is 442 g/mol. The fraction of sp³-hybridized carbons (Fsp3) is 0.250. The molecule has 0 aliphatic carbocycles. The number of nitrogens with zero attached hydrogens (tertiary/aromatic N) is 2. The lowest BCUT2D eigenvalue weighted by Crippen LogP contribution is -2.71. The van der Waals surface area contributed by atoms with E-state index in [2.05, 4.69) is 5.32 Å². The molecule has 0 bridgehead atoms. The molecule has 1 saturated heterocycles. The third-order valence-electron chi connectivity index (χ3n) is 4.98. The Hall–Kier alpha value is -3.18. The van der Waals surface area contributed by atoms with Gasteiger partial charge in [0.2, 0.25) is 5.91 Å². The number of aromatic carboxylic acids is 1. The van der Waals surface area contributed by atoms with Gasteiger partial charge < -0.3 is 20.3 Å². The van der Waals surface area contributed by atoms with Crippen LogP contribution in [0.5, 0.6) is 0 Å². The number of aromatic nitrogens is 1. The van der Waals surface area contributed by atoms with Crippen molar-refractivity contribution in [2.75, 3.05) is 5.75 Å². The molecule has 2 amide bonds. The van der Waals surface area contributed by atoms with Crippen LogP contribution in [0.25, 0.3) is 0 Å². The van der Waals surface area contributed by atoms with Gasteiger partial charge in [-0.2, -0.15) is 0 Å². The Morgan fingerprint density at radius 3 is 2.61 bits per heavy atom. The van der Waals surface area contributed by atoms with E-state index < -0.39 is 29.3 Å². The van der Waals surface area contributed by atoms with Gasteiger partial charge in [-0.25, -0.2) is 9.36 Å². The monoisotopic (exact) mass is 459 g/mol. The van der Waals surface area contributed by atoms with Crippen LogP contribution in [0.2, 0.25) is 0 Å². The number of fused-ring (bicyclic) bond motifs is 1. The van der Waals surface area contributed by atoms with Crippen molar-refractivity contribution in [1.82, 2.24) is 10.2 Å². The molecule has 4 rings (SSSR count). The average molecular weight is 460 g/mol. The fourth-order valence-corrected chi connectivity index (χ4v) is 5.55. The summed E-state index contributed by atoms with van der Waals surface area (Å²) in [7, 11) is 0. The van der Waals surface area contributed by atoms with Crippen LogP contribution in [0.3, 0.4) is 0 Å². The van der Waals surface area contributed by atoms with E-state index in [1.165, 1.54) is 52.5 Å². The molecule has 0 unspecified atom stereocenters. The lowest BCUT2D eigenvalue weighted by atomic mass is 10.0. The lowest BCUT2D eigenvalue weighted by molar-refractivity contribution is -0.689. The van der Waals surface area contributed by atoms with Gasteiger partial charge >= 0.3 is 5.97 Å². The SMILES string of the molecule is O=C(Cc1cccs1)N[C@@H]1C(=O)N2C(C(=O)[O-])=C(C[n+]3ccc(C(=O)O)cc3)CS[C@H]12. The molecule has 160 valence electrons. The smallest absolute Gasteiger partial charge is 0.336 e. The van der Waals surface area contributed by atoms with E-state index >= 15 is 0 Å². The number of carboxylic acid groups (broad SMARTS) is 2. The van der Waals surface area contributed by atoms with Gasteiger partial charge in [0, 0.05) is 28.3 Å². The summed E-state index contributed by atoms with van der Waals surface area (Å²) in [6, 6.07) is 5.71. The summed E-state index contributed by atoms with van der Waals surface area (Å²) in [5.74, 6) is -2.96. The number of pyridine rings is 1. The normalized spacial score (nSPS) is 20.1. The predicted octanol–water partition coefficient (Wildman–Crippen LogP) is -0.620. The van der Waals surface area contributed by atoms with Gasteiger partial charge in [0.05, 0.1) is 23.7 Å². The molecule has 1 fully saturated rings. The van der Waals surface area contributed by atoms with E-state index in [0.29, 0.717) is 11.3 Å². The topological polar surface area (TPSA) is 131 Å². The minimum absolute atomic E-state index is 0.113. The second kappa shape index (κ2) is 8.52. The van der Waals surface area contributed by atoms with Crippen molar-refractivity contribution in [2.24, 2.45) is 0 Å². The van der Waals surface area contributed by atoms with Crippen molar-refractivity contribution in [3.8, 4) is 0 Å². The van der Waals surface area contributed by atoms with Gasteiger partial charge in [-0.1, -0.05) is 6.07 Å². The number of hydrogen-bond acceptors (Lipinski definition) is 7. The van der Waals surface area contributed by atoms with Crippen LogP contribution in [0.15, 0.2) is 53.3 Å². The first-order valence-electron chi connectivity index (χ1n) is 9.27. The summed E-state index contributed by atoms with van der Waals surface area (Å²) in [6.07, 6.45) is 3.23. The van der Waals surface area contributed by atoms with Gasteiger partial charge in [0.1, 0.15) is 11.4 Å². The third kappa shape index (κ3) is 4.19. The molecule has 2 aliphatic heterocycles. The molecule has 0 radical (unpaired) electrons. The zero-order valence-corrected chi connectivity index (χ0v) is 17.6. The van der Waals surface area contributed by atoms with Crippen molar-refractivity contribution >= 4 is 46.9 Å². The van der Waals surface area contributed by atoms with Crippen molar-refractivity contribution in [1.29, 1.82) is 0 Å². The second-order valence-electron chi connectivity index (χ2n) is 7.02. The maximum Gasteiger partial charge on any atom is 0.336 e. The molecular formula is C20H17N3O6S2. The van der Waals surface area contributed by atoms with Gasteiger partial charge in [-0.15, -0.1) is 23.1 Å². The number of β-lactam (4-membered cyclic amide) rings is 1. The molecule has 0 aromatic carbocycles. The van der Waals surface area contributed by atoms with Crippen LogP contribution in [0.4, 0.5) is 0 Å². The Kier molecular flexibility index (Phi) is 5.79. The number of amides is 2. The van der Waals surface area contributed by atoms with Gasteiger partial charge in [0.25, 0.3) is 5.91 Å². The zero-order chi connectivity index (χ0) is 22.1. The first kappa shape index (κ1) is 21.1. The number of thiophene rings is 1. The molecule has 2 aromatic rings. The fourth-order valence-electron chi connectivity index (χ4n) is 3.51. The van der Waals surface area contributed by atoms with E-state index in [-0.39, 0.29) is 30.1 Å². The average Bonchev–Trinajstić information content (AvgIpc) is 3.24. The third-order valence-corrected chi connectivity index (χ3v) is 7.20. The quantitative estimate of drug-likeness (QED) is 0.417. The summed E-state index contributed by atoms with van der Waals surface area (Å²) in [6.45, 7) is 0.169. The largest absolute Gasteiger partial charge is 0.543 e. The first-order valence-corrected chi connectivity index (χ1v) is 11.2. The van der Waals surface area contributed by atoms with E-state index in [9.17, 15) is 24.3 Å². The molecule has 31 heavy (non-hydrogen) atoms. The van der Waals surface area contributed by atoms with Crippen molar-refractivity contribution in [2.45, 2.75) is 24.4 Å². The molecule has 2 N–H and O–H groups in total. The Morgan fingerprint density at radius 1 is 1.26 bits per heavy atom. The highest BCUT2D eigenvalue weighted by Gasteiger charge is 2.53. The molecule has 2 atom stereocenters. The number of carboxylic acids is 2. The Balaban J connectivity index is 1.48. The minimum atomic E-state index is -1.46. The highest BCUT2D eigenvalue weighted by Crippen LogP contribution is 2.40. The number of aliphatic carboxylic acids is 1. The van der Waals surface area contributed by atoms with Crippen LogP contribution < -0.4 is 15.0 Å². The number of hydrogen-bond donors (Lipinski definition) is 2. The van der Waals surface area contributed by atoms with Crippen molar-refractivity contribution in [3.63, 3.8) is 0 Å². The molecule has 0 saturated carbocycles. The molecule has 11 heteroatoms. The van der Waals surface area contributed by atoms with E-state index in [4.69, 9.17) is 5.11 Å². The van der Waals surface area contributed by atoms with Gasteiger partial charge in [0.15, 0.2) is 18.9 Å². The predicted molar refractivity (Wildman–Crippen MR) is 109 cm³/mol. The van der Waals surface area contributed by atoms with Crippen LogP contribution in [0.1, 0.15) is 15.2 Å². The number of carbonyl (C=O) groups is 4. The summed E-state index contributed by atoms with van der Waals surface area (Å²) in [5.41, 5.74) is 0.404. The van der Waals surface area contributed by atoms with Gasteiger partial charge in [-0.3, -0.25) is 14.5 Å². The Labute approximate surface area is 185 Å². The van der Waals surface area contributed by atoms with Crippen LogP contribution in [0, 0.1) is 0 Å². The number of nitrogens with one attached hydrogen (secondary N) is 1. The molecule has 9 nitrogen and oxygen atoms in total. The van der Waals surface area contributed by atoms with Gasteiger partial charge in [-0.05, 0) is 11.4 Å². The number of rotatable bonds is 7. The minimum Gasteiger partial charge on any atom is -0.543 e. The molecule has 4 heterocycles. The lowest BCUT2D eigenvalue weighted by Gasteiger charge is -2.50. The van der Waals surface area contributed by atoms with Crippen LogP contribution in [-0.4, -0.2) is 50.9 Å². The second-order valence-corrected chi connectivity index (χ2v) is 9.15. The molecule has 0 spiro atoms. The standard InChI is InChI=1S/C20H17N3O6S2/c24-14(8-13-2-1-7-30-13)21-15-17(25)23-16(20(28)29)12(10-31-18(15)23)9-22-5-3-11(4-6-22)19(26)27/h1-7,15,18H,8-10H2,(H2-,21,24,26,27,28,29)/t15-,18-/m1/s1. The van der Waals surface area contributed by atoms with Crippen molar-refractivity contribution in [3.05, 3.63) is 63.7 Å². The summed E-state index contributed by atoms with van der Waals surface area (Å²) in [4.78, 5) is 49.8. The van der Waals surface area contributed by atoms with Crippen LogP contribution >= 0.6 is 23.1 Å². The summed E-state index contributed by atoms with van der Waals surface area (Å²) < 4.78 is 1.64. The Bertz CT molecular complexity index is 1080. The highest BCUT2D eigenvalue weighted by molar-refractivity contribution is 8.00. The van der Waals surface area contributed by atoms with Crippen molar-refractivity contribution < 1.29 is 34.0 Å². The maximum absolute atomic E-state index is 12.7. The van der Waals surface area contributed by atoms with E-state index in [1.807, 2.05) is 17.5 Å². The zero-order valence-electron chi connectivity index (χ0n) is 16.0. The molecule has 2 aliphatic rings. The molecule has 2 aromatic heterocycles. The first-order chi connectivity index (χ1) is 14.8. The van der Waals surface area contributed by atoms with E-state index in [0.717, 1.165) is 4.88 Å². The number of thioether (sulfide) groups is 1.